The van der Waals surface area contributed by atoms with E-state index in [1.165, 1.54) is 12.8 Å². The van der Waals surface area contributed by atoms with Crippen LogP contribution in [-0.2, 0) is 9.53 Å². The summed E-state index contributed by atoms with van der Waals surface area (Å²) < 4.78 is 5.78. The Balaban J connectivity index is 0.995. The second kappa shape index (κ2) is 10.9. The van der Waals surface area contributed by atoms with Crippen LogP contribution < -0.4 is 9.80 Å². The van der Waals surface area contributed by atoms with Crippen molar-refractivity contribution in [2.24, 2.45) is 0 Å². The van der Waals surface area contributed by atoms with E-state index in [0.717, 1.165) is 55.9 Å². The summed E-state index contributed by atoms with van der Waals surface area (Å²) in [7, 11) is 0. The average Bonchev–Trinajstić information content (AvgIpc) is 3.59. The van der Waals surface area contributed by atoms with Crippen LogP contribution in [0.25, 0.3) is 0 Å². The topological polar surface area (TPSA) is 102 Å². The summed E-state index contributed by atoms with van der Waals surface area (Å²) in [6.07, 6.45) is 2.73. The Labute approximate surface area is 228 Å². The fourth-order valence-corrected chi connectivity index (χ4v) is 5.98. The van der Waals surface area contributed by atoms with Crippen molar-refractivity contribution in [1.29, 1.82) is 0 Å². The van der Waals surface area contributed by atoms with Crippen LogP contribution in [0.2, 0.25) is 0 Å². The van der Waals surface area contributed by atoms with E-state index < -0.39 is 17.9 Å². The monoisotopic (exact) mass is 533 g/mol. The highest BCUT2D eigenvalue weighted by molar-refractivity contribution is 6.22. The van der Waals surface area contributed by atoms with Gasteiger partial charge in [-0.2, -0.15) is 0 Å². The van der Waals surface area contributed by atoms with Gasteiger partial charge in [-0.1, -0.05) is 12.1 Å². The predicted molar refractivity (Wildman–Crippen MR) is 145 cm³/mol. The number of amides is 3. The van der Waals surface area contributed by atoms with E-state index in [1.54, 1.807) is 36.1 Å². The third-order valence-electron chi connectivity index (χ3n) is 8.30. The Hall–Kier alpha value is -3.57. The third kappa shape index (κ3) is 5.08. The molecule has 3 fully saturated rings. The van der Waals surface area contributed by atoms with E-state index in [2.05, 4.69) is 24.9 Å². The molecule has 4 aliphatic rings. The van der Waals surface area contributed by atoms with Crippen molar-refractivity contribution in [2.45, 2.75) is 31.9 Å². The molecule has 0 saturated carbocycles. The molecule has 0 N–H and O–H groups in total. The van der Waals surface area contributed by atoms with Gasteiger partial charge in [-0.15, -0.1) is 10.2 Å². The highest BCUT2D eigenvalue weighted by atomic mass is 16.5. The van der Waals surface area contributed by atoms with E-state index in [0.29, 0.717) is 43.4 Å². The minimum absolute atomic E-state index is 0.218. The first-order valence-corrected chi connectivity index (χ1v) is 13.9. The maximum absolute atomic E-state index is 13.2. The third-order valence-corrected chi connectivity index (χ3v) is 8.30. The summed E-state index contributed by atoms with van der Waals surface area (Å²) in [6, 6.07) is 9.88. The highest BCUT2D eigenvalue weighted by Crippen LogP contribution is 2.26. The Bertz CT molecular complexity index is 1180. The number of anilines is 2. The van der Waals surface area contributed by atoms with Gasteiger partial charge in [-0.3, -0.25) is 24.2 Å². The predicted octanol–water partition coefficient (Wildman–Crippen LogP) is 1.11. The molecule has 0 bridgehead atoms. The van der Waals surface area contributed by atoms with Crippen LogP contribution in [0.4, 0.5) is 11.6 Å². The number of imide groups is 1. The van der Waals surface area contributed by atoms with Gasteiger partial charge < -0.3 is 19.4 Å². The number of carbonyl (C=O) groups is 3. The largest absolute Gasteiger partial charge is 0.377 e. The molecule has 3 saturated heterocycles. The van der Waals surface area contributed by atoms with Crippen molar-refractivity contribution in [3.8, 4) is 0 Å². The SMILES string of the molecule is CC(C(=O)N1CCN(c2ccc(N3CCN(CC4CCCO4)CC3)nn2)CC1)N1C(=O)c2ccccc2C1=O. The van der Waals surface area contributed by atoms with Crippen LogP contribution in [-0.4, -0.2) is 120 Å². The molecule has 1 aromatic carbocycles. The van der Waals surface area contributed by atoms with Crippen molar-refractivity contribution in [3.63, 3.8) is 0 Å². The van der Waals surface area contributed by atoms with E-state index >= 15 is 0 Å². The molecule has 0 aliphatic carbocycles. The molecule has 11 nitrogen and oxygen atoms in total. The summed E-state index contributed by atoms with van der Waals surface area (Å²) in [6.45, 7) is 9.58. The summed E-state index contributed by atoms with van der Waals surface area (Å²) in [5.74, 6) is 0.643. The molecular formula is C28H35N7O4. The van der Waals surface area contributed by atoms with Gasteiger partial charge in [0.2, 0.25) is 5.91 Å². The summed E-state index contributed by atoms with van der Waals surface area (Å²) >= 11 is 0. The van der Waals surface area contributed by atoms with Crippen molar-refractivity contribution in [3.05, 3.63) is 47.5 Å². The van der Waals surface area contributed by atoms with E-state index in [9.17, 15) is 14.4 Å². The molecule has 1 aromatic heterocycles. The van der Waals surface area contributed by atoms with Crippen LogP contribution in [0.15, 0.2) is 36.4 Å². The summed E-state index contributed by atoms with van der Waals surface area (Å²) in [5, 5.41) is 9.00. The second-order valence-corrected chi connectivity index (χ2v) is 10.7. The Morgan fingerprint density at radius 3 is 1.95 bits per heavy atom. The van der Waals surface area contributed by atoms with Crippen LogP contribution >= 0.6 is 0 Å². The summed E-state index contributed by atoms with van der Waals surface area (Å²) in [4.78, 5) is 48.5. The summed E-state index contributed by atoms with van der Waals surface area (Å²) in [5.41, 5.74) is 0.712. The zero-order chi connectivity index (χ0) is 26.9. The van der Waals surface area contributed by atoms with Gasteiger partial charge in [0.1, 0.15) is 6.04 Å². The Kier molecular flexibility index (Phi) is 7.18. The molecule has 0 radical (unpaired) electrons. The van der Waals surface area contributed by atoms with Gasteiger partial charge in [0.25, 0.3) is 11.8 Å². The number of piperazine rings is 2. The number of rotatable bonds is 6. The lowest BCUT2D eigenvalue weighted by molar-refractivity contribution is -0.135. The fourth-order valence-electron chi connectivity index (χ4n) is 5.98. The van der Waals surface area contributed by atoms with E-state index in [4.69, 9.17) is 4.74 Å². The lowest BCUT2D eigenvalue weighted by Gasteiger charge is -2.38. The first-order valence-electron chi connectivity index (χ1n) is 13.9. The number of fused-ring (bicyclic) bond motifs is 1. The molecule has 2 atom stereocenters. The fraction of sp³-hybridized carbons (Fsp3) is 0.536. The maximum atomic E-state index is 13.2. The first kappa shape index (κ1) is 25.7. The Morgan fingerprint density at radius 1 is 0.872 bits per heavy atom. The number of nitrogens with zero attached hydrogens (tertiary/aromatic N) is 7. The molecule has 2 aromatic rings. The van der Waals surface area contributed by atoms with Crippen molar-refractivity contribution >= 4 is 29.4 Å². The van der Waals surface area contributed by atoms with Crippen LogP contribution in [0.3, 0.4) is 0 Å². The van der Waals surface area contributed by atoms with Gasteiger partial charge in [0.15, 0.2) is 11.6 Å². The molecule has 206 valence electrons. The molecule has 0 spiro atoms. The molecular weight excluding hydrogens is 498 g/mol. The highest BCUT2D eigenvalue weighted by Gasteiger charge is 2.42. The van der Waals surface area contributed by atoms with Crippen molar-refractivity contribution in [1.82, 2.24) is 24.9 Å². The van der Waals surface area contributed by atoms with Gasteiger partial charge in [0.05, 0.1) is 17.2 Å². The van der Waals surface area contributed by atoms with Gasteiger partial charge in [-0.05, 0) is 44.0 Å². The maximum Gasteiger partial charge on any atom is 0.262 e. The molecule has 39 heavy (non-hydrogen) atoms. The first-order chi connectivity index (χ1) is 19.0. The molecule has 4 aliphatic heterocycles. The van der Waals surface area contributed by atoms with Crippen molar-refractivity contribution in [2.75, 3.05) is 75.3 Å². The lowest BCUT2D eigenvalue weighted by Crippen LogP contribution is -2.55. The zero-order valence-corrected chi connectivity index (χ0v) is 22.4. The quantitative estimate of drug-likeness (QED) is 0.506. The number of aromatic nitrogens is 2. The van der Waals surface area contributed by atoms with Crippen LogP contribution in [0, 0.1) is 0 Å². The molecule has 6 rings (SSSR count). The zero-order valence-electron chi connectivity index (χ0n) is 22.4. The molecule has 3 amide bonds. The number of hydrogen-bond donors (Lipinski definition) is 0. The Morgan fingerprint density at radius 2 is 1.44 bits per heavy atom. The van der Waals surface area contributed by atoms with Gasteiger partial charge >= 0.3 is 0 Å². The van der Waals surface area contributed by atoms with Gasteiger partial charge in [-0.25, -0.2) is 0 Å². The number of ether oxygens (including phenoxy) is 1. The molecule has 11 heteroatoms. The molecule has 2 unspecified atom stereocenters. The minimum atomic E-state index is -0.853. The number of carbonyl (C=O) groups excluding carboxylic acids is 3. The number of benzene rings is 1. The minimum Gasteiger partial charge on any atom is -0.377 e. The molecule has 5 heterocycles. The van der Waals surface area contributed by atoms with Crippen LogP contribution in [0.5, 0.6) is 0 Å². The smallest absolute Gasteiger partial charge is 0.262 e. The van der Waals surface area contributed by atoms with Crippen molar-refractivity contribution < 1.29 is 19.1 Å². The second-order valence-electron chi connectivity index (χ2n) is 10.7. The standard InChI is InChI=1S/C28H35N7O4/c1-20(35-27(37)22-6-2-3-7-23(22)28(35)38)26(36)34-16-14-33(15-17-34)25-9-8-24(29-30-25)32-12-10-31(11-13-32)19-21-5-4-18-39-21/h2-3,6-9,20-21H,4-5,10-19H2,1H3. The van der Waals surface area contributed by atoms with E-state index in [-0.39, 0.29) is 5.91 Å². The van der Waals surface area contributed by atoms with E-state index in [1.807, 2.05) is 12.1 Å². The average molecular weight is 534 g/mol. The van der Waals surface area contributed by atoms with Gasteiger partial charge in [0, 0.05) is 65.5 Å². The van der Waals surface area contributed by atoms with Crippen LogP contribution in [0.1, 0.15) is 40.5 Å². The normalized spacial score (nSPS) is 22.9. The lowest BCUT2D eigenvalue weighted by atomic mass is 10.1. The number of hydrogen-bond acceptors (Lipinski definition) is 9.